The molecular formula is C19H27N3O2S. The Morgan fingerprint density at radius 2 is 2.12 bits per heavy atom. The molecule has 0 aromatic carbocycles. The third-order valence-electron chi connectivity index (χ3n) is 5.42. The third-order valence-corrected chi connectivity index (χ3v) is 6.36. The molecule has 0 bridgehead atoms. The maximum absolute atomic E-state index is 12.5. The van der Waals surface area contributed by atoms with Gasteiger partial charge >= 0.3 is 0 Å². The third kappa shape index (κ3) is 3.96. The highest BCUT2D eigenvalue weighted by molar-refractivity contribution is 7.10. The highest BCUT2D eigenvalue weighted by Gasteiger charge is 2.28. The van der Waals surface area contributed by atoms with Gasteiger partial charge in [-0.1, -0.05) is 6.07 Å². The van der Waals surface area contributed by atoms with Crippen molar-refractivity contribution in [2.45, 2.75) is 45.6 Å². The molecule has 1 atom stereocenters. The monoisotopic (exact) mass is 361 g/mol. The Hall–Kier alpha value is -1.66. The van der Waals surface area contributed by atoms with Gasteiger partial charge in [-0.3, -0.25) is 9.48 Å². The first-order valence-corrected chi connectivity index (χ1v) is 9.83. The summed E-state index contributed by atoms with van der Waals surface area (Å²) in [5.41, 5.74) is 3.35. The van der Waals surface area contributed by atoms with Crippen LogP contribution in [-0.4, -0.2) is 38.8 Å². The van der Waals surface area contributed by atoms with Crippen molar-refractivity contribution in [3.63, 3.8) is 0 Å². The molecular weight excluding hydrogens is 334 g/mol. The van der Waals surface area contributed by atoms with E-state index in [9.17, 15) is 9.90 Å². The Bertz CT molecular complexity index is 715. The number of thiophene rings is 1. The fourth-order valence-electron chi connectivity index (χ4n) is 3.73. The molecule has 1 aliphatic heterocycles. The van der Waals surface area contributed by atoms with Gasteiger partial charge in [0.2, 0.25) is 5.91 Å². The van der Waals surface area contributed by atoms with E-state index < -0.39 is 6.10 Å². The van der Waals surface area contributed by atoms with Crippen LogP contribution in [0, 0.1) is 19.8 Å². The van der Waals surface area contributed by atoms with Crippen LogP contribution in [0.5, 0.6) is 0 Å². The molecule has 0 saturated carbocycles. The minimum absolute atomic E-state index is 0.215. The van der Waals surface area contributed by atoms with E-state index in [1.54, 1.807) is 11.3 Å². The van der Waals surface area contributed by atoms with Gasteiger partial charge in [0.25, 0.3) is 0 Å². The van der Waals surface area contributed by atoms with Crippen LogP contribution in [-0.2, 0) is 18.3 Å². The smallest absolute Gasteiger partial charge is 0.222 e. The van der Waals surface area contributed by atoms with Crippen molar-refractivity contribution in [3.8, 4) is 0 Å². The molecule has 5 nitrogen and oxygen atoms in total. The van der Waals surface area contributed by atoms with E-state index in [2.05, 4.69) is 12.0 Å². The molecule has 2 aromatic rings. The molecule has 25 heavy (non-hydrogen) atoms. The maximum atomic E-state index is 12.5. The summed E-state index contributed by atoms with van der Waals surface area (Å²) < 4.78 is 1.88. The zero-order chi connectivity index (χ0) is 18.0. The normalized spacial score (nSPS) is 17.0. The molecule has 1 saturated heterocycles. The highest BCUT2D eigenvalue weighted by atomic mass is 32.1. The van der Waals surface area contributed by atoms with E-state index >= 15 is 0 Å². The molecule has 1 unspecified atom stereocenters. The second-order valence-corrected chi connectivity index (χ2v) is 7.93. The predicted molar refractivity (Wildman–Crippen MR) is 99.6 cm³/mol. The number of hydrogen-bond acceptors (Lipinski definition) is 4. The first-order valence-electron chi connectivity index (χ1n) is 8.95. The lowest BCUT2D eigenvalue weighted by Gasteiger charge is -2.34. The molecule has 1 amide bonds. The van der Waals surface area contributed by atoms with Crippen molar-refractivity contribution < 1.29 is 9.90 Å². The van der Waals surface area contributed by atoms with Crippen LogP contribution in [0.4, 0.5) is 0 Å². The van der Waals surface area contributed by atoms with Gasteiger partial charge in [0.05, 0.1) is 11.8 Å². The number of rotatable bonds is 5. The number of nitrogens with zero attached hydrogens (tertiary/aromatic N) is 3. The number of aliphatic hydroxyl groups excluding tert-OH is 1. The van der Waals surface area contributed by atoms with E-state index in [4.69, 9.17) is 0 Å². The van der Waals surface area contributed by atoms with E-state index in [-0.39, 0.29) is 11.8 Å². The van der Waals surface area contributed by atoms with Crippen molar-refractivity contribution in [1.29, 1.82) is 0 Å². The van der Waals surface area contributed by atoms with Gasteiger partial charge in [-0.15, -0.1) is 11.3 Å². The van der Waals surface area contributed by atoms with Crippen LogP contribution < -0.4 is 0 Å². The average molecular weight is 362 g/mol. The molecule has 0 radical (unpaired) electrons. The Kier molecular flexibility index (Phi) is 5.59. The number of aliphatic hydroxyl groups is 1. The predicted octanol–water partition coefficient (Wildman–Crippen LogP) is 3.00. The van der Waals surface area contributed by atoms with Gasteiger partial charge in [0.15, 0.2) is 0 Å². The fraction of sp³-hybridized carbons (Fsp3) is 0.579. The molecule has 0 spiro atoms. The summed E-state index contributed by atoms with van der Waals surface area (Å²) in [6.07, 6.45) is 2.64. The van der Waals surface area contributed by atoms with Gasteiger partial charge in [-0.2, -0.15) is 5.10 Å². The van der Waals surface area contributed by atoms with Crippen molar-refractivity contribution in [2.24, 2.45) is 13.0 Å². The summed E-state index contributed by atoms with van der Waals surface area (Å²) in [4.78, 5) is 15.5. The summed E-state index contributed by atoms with van der Waals surface area (Å²) in [6, 6.07) is 3.97. The number of carbonyl (C=O) groups excluding carboxylic acids is 1. The lowest BCUT2D eigenvalue weighted by atomic mass is 9.90. The summed E-state index contributed by atoms with van der Waals surface area (Å²) in [6.45, 7) is 5.55. The number of carbonyl (C=O) groups is 1. The molecule has 2 aromatic heterocycles. The van der Waals surface area contributed by atoms with Crippen LogP contribution in [0.1, 0.15) is 47.2 Å². The number of likely N-dealkylation sites (tertiary alicyclic amines) is 1. The van der Waals surface area contributed by atoms with Crippen LogP contribution in [0.2, 0.25) is 0 Å². The number of aromatic nitrogens is 2. The zero-order valence-corrected chi connectivity index (χ0v) is 16.1. The van der Waals surface area contributed by atoms with Gasteiger partial charge in [0.1, 0.15) is 0 Å². The molecule has 1 fully saturated rings. The van der Waals surface area contributed by atoms with Crippen LogP contribution in [0.3, 0.4) is 0 Å². The lowest BCUT2D eigenvalue weighted by molar-refractivity contribution is -0.133. The standard InChI is InChI=1S/C19H27N3O2S/c1-13-16(14(2)21(3)20-13)6-7-18(23)22-10-8-15(9-11-22)19(24)17-5-4-12-25-17/h4-5,12,15,19,24H,6-11H2,1-3H3. The Balaban J connectivity index is 1.50. The lowest BCUT2D eigenvalue weighted by Crippen LogP contribution is -2.39. The molecule has 1 N–H and O–H groups in total. The first-order chi connectivity index (χ1) is 12.0. The van der Waals surface area contributed by atoms with E-state index in [0.29, 0.717) is 6.42 Å². The van der Waals surface area contributed by atoms with Crippen molar-refractivity contribution >= 4 is 17.2 Å². The van der Waals surface area contributed by atoms with Gasteiger partial charge in [-0.05, 0) is 56.0 Å². The van der Waals surface area contributed by atoms with Crippen molar-refractivity contribution in [3.05, 3.63) is 39.3 Å². The van der Waals surface area contributed by atoms with E-state index in [1.165, 1.54) is 5.56 Å². The first kappa shape index (κ1) is 18.1. The summed E-state index contributed by atoms with van der Waals surface area (Å²) in [5, 5.41) is 16.9. The molecule has 0 aliphatic carbocycles. The average Bonchev–Trinajstić information content (AvgIpc) is 3.22. The van der Waals surface area contributed by atoms with Gasteiger partial charge < -0.3 is 10.0 Å². The topological polar surface area (TPSA) is 58.4 Å². The summed E-state index contributed by atoms with van der Waals surface area (Å²) in [7, 11) is 1.94. The molecule has 136 valence electrons. The Labute approximate surface area is 153 Å². The molecule has 1 aliphatic rings. The molecule has 6 heteroatoms. The Morgan fingerprint density at radius 3 is 2.68 bits per heavy atom. The number of hydrogen-bond donors (Lipinski definition) is 1. The fourth-order valence-corrected chi connectivity index (χ4v) is 4.53. The van der Waals surface area contributed by atoms with Crippen LogP contribution in [0.25, 0.3) is 0 Å². The summed E-state index contributed by atoms with van der Waals surface area (Å²) >= 11 is 1.60. The largest absolute Gasteiger partial charge is 0.387 e. The van der Waals surface area contributed by atoms with E-state index in [0.717, 1.165) is 48.6 Å². The van der Waals surface area contributed by atoms with Crippen LogP contribution >= 0.6 is 11.3 Å². The van der Waals surface area contributed by atoms with Gasteiger partial charge in [0, 0.05) is 37.1 Å². The van der Waals surface area contributed by atoms with Crippen molar-refractivity contribution in [2.75, 3.05) is 13.1 Å². The second kappa shape index (κ2) is 7.70. The maximum Gasteiger partial charge on any atom is 0.222 e. The zero-order valence-electron chi connectivity index (χ0n) is 15.2. The number of piperidine rings is 1. The Morgan fingerprint density at radius 1 is 1.40 bits per heavy atom. The second-order valence-electron chi connectivity index (χ2n) is 6.95. The minimum atomic E-state index is -0.391. The molecule has 3 heterocycles. The van der Waals surface area contributed by atoms with Gasteiger partial charge in [-0.25, -0.2) is 0 Å². The van der Waals surface area contributed by atoms with Crippen LogP contribution in [0.15, 0.2) is 17.5 Å². The SMILES string of the molecule is Cc1nn(C)c(C)c1CCC(=O)N1CCC(C(O)c2cccs2)CC1. The number of amides is 1. The van der Waals surface area contributed by atoms with E-state index in [1.807, 2.05) is 41.1 Å². The quantitative estimate of drug-likeness (QED) is 0.891. The minimum Gasteiger partial charge on any atom is -0.387 e. The number of aryl methyl sites for hydroxylation is 2. The summed E-state index contributed by atoms with van der Waals surface area (Å²) in [5.74, 6) is 0.470. The highest BCUT2D eigenvalue weighted by Crippen LogP contribution is 2.33. The molecule has 3 rings (SSSR count). The van der Waals surface area contributed by atoms with Crippen molar-refractivity contribution in [1.82, 2.24) is 14.7 Å².